The summed E-state index contributed by atoms with van der Waals surface area (Å²) in [6.45, 7) is 1.81. The van der Waals surface area contributed by atoms with Gasteiger partial charge in [0, 0.05) is 6.20 Å². The Morgan fingerprint density at radius 2 is 2.43 bits per heavy atom. The van der Waals surface area contributed by atoms with Crippen LogP contribution >= 0.6 is 0 Å². The third-order valence-electron chi connectivity index (χ3n) is 1.65. The van der Waals surface area contributed by atoms with E-state index in [1.54, 1.807) is 24.5 Å². The molecule has 4 heteroatoms. The van der Waals surface area contributed by atoms with E-state index in [2.05, 4.69) is 9.72 Å². The number of carbonyl (C=O) groups is 1. The molecule has 1 aromatic heterocycles. The van der Waals surface area contributed by atoms with Gasteiger partial charge in [-0.2, -0.15) is 0 Å². The van der Waals surface area contributed by atoms with Crippen molar-refractivity contribution in [2.24, 2.45) is 0 Å². The Kier molecular flexibility index (Phi) is 3.91. The van der Waals surface area contributed by atoms with Gasteiger partial charge in [-0.05, 0) is 19.1 Å². The van der Waals surface area contributed by atoms with Crippen LogP contribution in [0.1, 0.15) is 13.3 Å². The fourth-order valence-electron chi connectivity index (χ4n) is 1.01. The molecule has 0 aromatic carbocycles. The number of ether oxygens (including phenoxy) is 2. The summed E-state index contributed by atoms with van der Waals surface area (Å²) < 4.78 is 9.95. The molecule has 0 aliphatic rings. The van der Waals surface area contributed by atoms with Gasteiger partial charge >= 0.3 is 5.97 Å². The van der Waals surface area contributed by atoms with Gasteiger partial charge in [0.05, 0.1) is 19.7 Å². The minimum Gasteiger partial charge on any atom is -0.489 e. The van der Waals surface area contributed by atoms with Gasteiger partial charge < -0.3 is 9.47 Å². The number of aromatic nitrogens is 1. The highest BCUT2D eigenvalue weighted by molar-refractivity contribution is 5.69. The maximum Gasteiger partial charge on any atom is 0.309 e. The van der Waals surface area contributed by atoms with Crippen LogP contribution in [0.25, 0.3) is 0 Å². The van der Waals surface area contributed by atoms with E-state index in [1.165, 1.54) is 7.11 Å². The first-order valence-electron chi connectivity index (χ1n) is 4.36. The number of methoxy groups -OCH3 is 1. The monoisotopic (exact) mass is 195 g/mol. The van der Waals surface area contributed by atoms with E-state index in [0.717, 1.165) is 0 Å². The first-order chi connectivity index (χ1) is 6.72. The maximum absolute atomic E-state index is 10.9. The number of nitrogens with zero attached hydrogens (tertiary/aromatic N) is 1. The van der Waals surface area contributed by atoms with Crippen molar-refractivity contribution in [1.29, 1.82) is 0 Å². The third-order valence-corrected chi connectivity index (χ3v) is 1.65. The molecule has 1 aromatic rings. The number of esters is 1. The van der Waals surface area contributed by atoms with E-state index in [4.69, 9.17) is 4.74 Å². The van der Waals surface area contributed by atoms with Crippen molar-refractivity contribution < 1.29 is 14.3 Å². The third kappa shape index (κ3) is 3.43. The molecule has 0 saturated carbocycles. The van der Waals surface area contributed by atoms with E-state index >= 15 is 0 Å². The van der Waals surface area contributed by atoms with Gasteiger partial charge in [-0.1, -0.05) is 0 Å². The van der Waals surface area contributed by atoms with Crippen LogP contribution in [0, 0.1) is 0 Å². The second-order valence-corrected chi connectivity index (χ2v) is 2.90. The van der Waals surface area contributed by atoms with E-state index < -0.39 is 0 Å². The van der Waals surface area contributed by atoms with Crippen molar-refractivity contribution in [1.82, 2.24) is 4.98 Å². The van der Waals surface area contributed by atoms with Gasteiger partial charge in [0.1, 0.15) is 11.9 Å². The van der Waals surface area contributed by atoms with Crippen molar-refractivity contribution in [3.63, 3.8) is 0 Å². The molecule has 0 radical (unpaired) electrons. The van der Waals surface area contributed by atoms with Crippen LogP contribution in [0.3, 0.4) is 0 Å². The average molecular weight is 195 g/mol. The molecule has 0 spiro atoms. The molecule has 0 bridgehead atoms. The first-order valence-corrected chi connectivity index (χ1v) is 4.36. The number of hydrogen-bond acceptors (Lipinski definition) is 4. The first kappa shape index (κ1) is 10.5. The second-order valence-electron chi connectivity index (χ2n) is 2.90. The topological polar surface area (TPSA) is 48.4 Å². The Morgan fingerprint density at radius 3 is 3.00 bits per heavy atom. The molecule has 4 nitrogen and oxygen atoms in total. The molecular weight excluding hydrogens is 182 g/mol. The lowest BCUT2D eigenvalue weighted by Crippen LogP contribution is -2.17. The van der Waals surface area contributed by atoms with E-state index in [1.807, 2.05) is 6.92 Å². The Labute approximate surface area is 82.9 Å². The van der Waals surface area contributed by atoms with Crippen molar-refractivity contribution in [2.45, 2.75) is 19.4 Å². The zero-order chi connectivity index (χ0) is 10.4. The highest BCUT2D eigenvalue weighted by Gasteiger charge is 2.10. The van der Waals surface area contributed by atoms with Gasteiger partial charge in [0.15, 0.2) is 0 Å². The maximum atomic E-state index is 10.9. The zero-order valence-electron chi connectivity index (χ0n) is 8.27. The van der Waals surface area contributed by atoms with Crippen molar-refractivity contribution in [2.75, 3.05) is 7.11 Å². The van der Waals surface area contributed by atoms with Gasteiger partial charge in [-0.15, -0.1) is 0 Å². The SMILES string of the molecule is COC(=O)CC(C)Oc1cccnc1. The smallest absolute Gasteiger partial charge is 0.309 e. The Bertz CT molecular complexity index is 287. The molecule has 0 fully saturated rings. The van der Waals surface area contributed by atoms with E-state index in [9.17, 15) is 4.79 Å². The molecule has 1 unspecified atom stereocenters. The number of hydrogen-bond donors (Lipinski definition) is 0. The summed E-state index contributed by atoms with van der Waals surface area (Å²) in [4.78, 5) is 14.8. The lowest BCUT2D eigenvalue weighted by molar-refractivity contribution is -0.142. The van der Waals surface area contributed by atoms with Crippen molar-refractivity contribution >= 4 is 5.97 Å². The minimum atomic E-state index is -0.276. The van der Waals surface area contributed by atoms with Crippen LogP contribution in [0.5, 0.6) is 5.75 Å². The molecule has 0 N–H and O–H groups in total. The molecule has 1 heterocycles. The highest BCUT2D eigenvalue weighted by Crippen LogP contribution is 2.10. The van der Waals surface area contributed by atoms with Gasteiger partial charge in [0.2, 0.25) is 0 Å². The Hall–Kier alpha value is -1.58. The molecule has 1 rings (SSSR count). The predicted octanol–water partition coefficient (Wildman–Crippen LogP) is 1.41. The Morgan fingerprint density at radius 1 is 1.64 bits per heavy atom. The average Bonchev–Trinajstić information content (AvgIpc) is 2.19. The van der Waals surface area contributed by atoms with Crippen LogP contribution in [0.15, 0.2) is 24.5 Å². The molecule has 0 aliphatic heterocycles. The van der Waals surface area contributed by atoms with E-state index in [-0.39, 0.29) is 18.5 Å². The van der Waals surface area contributed by atoms with Crippen molar-refractivity contribution in [3.8, 4) is 5.75 Å². The van der Waals surface area contributed by atoms with Gasteiger partial charge in [-0.25, -0.2) is 0 Å². The fourth-order valence-corrected chi connectivity index (χ4v) is 1.01. The quantitative estimate of drug-likeness (QED) is 0.681. The van der Waals surface area contributed by atoms with E-state index in [0.29, 0.717) is 5.75 Å². The summed E-state index contributed by atoms with van der Waals surface area (Å²) in [5.74, 6) is 0.380. The summed E-state index contributed by atoms with van der Waals surface area (Å²) in [5, 5.41) is 0. The van der Waals surface area contributed by atoms with Gasteiger partial charge in [0.25, 0.3) is 0 Å². The number of rotatable bonds is 4. The molecule has 14 heavy (non-hydrogen) atoms. The fraction of sp³-hybridized carbons (Fsp3) is 0.400. The zero-order valence-corrected chi connectivity index (χ0v) is 8.27. The standard InChI is InChI=1S/C10H13NO3/c1-8(6-10(12)13-2)14-9-4-3-5-11-7-9/h3-5,7-8H,6H2,1-2H3. The number of pyridine rings is 1. The molecule has 76 valence electrons. The lowest BCUT2D eigenvalue weighted by atomic mass is 10.3. The largest absolute Gasteiger partial charge is 0.489 e. The highest BCUT2D eigenvalue weighted by atomic mass is 16.5. The van der Waals surface area contributed by atoms with Crippen LogP contribution in [-0.2, 0) is 9.53 Å². The molecule has 1 atom stereocenters. The summed E-state index contributed by atoms with van der Waals surface area (Å²) >= 11 is 0. The van der Waals surface area contributed by atoms with Crippen LogP contribution < -0.4 is 4.74 Å². The summed E-state index contributed by atoms with van der Waals surface area (Å²) in [5.41, 5.74) is 0. The number of carbonyl (C=O) groups excluding carboxylic acids is 1. The van der Waals surface area contributed by atoms with Crippen LogP contribution in [0.4, 0.5) is 0 Å². The summed E-state index contributed by atoms with van der Waals surface area (Å²) in [7, 11) is 1.36. The molecular formula is C10H13NO3. The summed E-state index contributed by atoms with van der Waals surface area (Å²) in [6, 6.07) is 3.57. The van der Waals surface area contributed by atoms with Gasteiger partial charge in [-0.3, -0.25) is 9.78 Å². The second kappa shape index (κ2) is 5.21. The minimum absolute atomic E-state index is 0.202. The Balaban J connectivity index is 2.41. The molecule has 0 aliphatic carbocycles. The lowest BCUT2D eigenvalue weighted by Gasteiger charge is -2.12. The van der Waals surface area contributed by atoms with Crippen LogP contribution in [-0.4, -0.2) is 24.2 Å². The molecule has 0 amide bonds. The normalized spacial score (nSPS) is 11.9. The van der Waals surface area contributed by atoms with Crippen LogP contribution in [0.2, 0.25) is 0 Å². The predicted molar refractivity (Wildman–Crippen MR) is 51.0 cm³/mol. The van der Waals surface area contributed by atoms with Crippen molar-refractivity contribution in [3.05, 3.63) is 24.5 Å². The summed E-state index contributed by atoms with van der Waals surface area (Å²) in [6.07, 6.45) is 3.31. The molecule has 0 saturated heterocycles.